The first-order valence-electron chi connectivity index (χ1n) is 11.7. The van der Waals surface area contributed by atoms with Crippen LogP contribution in [0.5, 0.6) is 5.75 Å². The molecule has 1 aromatic rings. The van der Waals surface area contributed by atoms with Crippen LogP contribution in [0.4, 0.5) is 0 Å². The Morgan fingerprint density at radius 2 is 1.58 bits per heavy atom. The highest BCUT2D eigenvalue weighted by atomic mass is 35.5. The van der Waals surface area contributed by atoms with E-state index in [0.717, 1.165) is 29.9 Å². The molecule has 1 aromatic carbocycles. The number of nitrogens with zero attached hydrogens (tertiary/aromatic N) is 1. The molecule has 1 aliphatic carbocycles. The van der Waals surface area contributed by atoms with E-state index in [-0.39, 0.29) is 17.8 Å². The van der Waals surface area contributed by atoms with Gasteiger partial charge in [0.25, 0.3) is 0 Å². The maximum atomic E-state index is 6.05. The molecule has 0 heterocycles. The number of allylic oxidation sites excluding steroid dienone is 3. The quantitative estimate of drug-likeness (QED) is 0.340. The van der Waals surface area contributed by atoms with Crippen LogP contribution in [-0.2, 0) is 4.74 Å². The number of benzene rings is 1. The van der Waals surface area contributed by atoms with Crippen LogP contribution in [0.25, 0.3) is 0 Å². The van der Waals surface area contributed by atoms with Crippen LogP contribution >= 0.6 is 0 Å². The Morgan fingerprint density at radius 1 is 0.935 bits per heavy atom. The van der Waals surface area contributed by atoms with Crippen LogP contribution in [-0.4, -0.2) is 50.5 Å². The number of ether oxygens (including phenoxy) is 2. The molecule has 0 saturated carbocycles. The molecule has 2 unspecified atom stereocenters. The summed E-state index contributed by atoms with van der Waals surface area (Å²) >= 11 is 0. The van der Waals surface area contributed by atoms with Crippen molar-refractivity contribution < 1.29 is 26.4 Å². The number of hydrogen-bond acceptors (Lipinski definition) is 2. The maximum absolute atomic E-state index is 6.05. The molecule has 0 fully saturated rings. The Morgan fingerprint density at radius 3 is 2.16 bits per heavy atom. The van der Waals surface area contributed by atoms with E-state index in [0.29, 0.717) is 31.0 Å². The van der Waals surface area contributed by atoms with E-state index in [4.69, 9.17) is 9.47 Å². The van der Waals surface area contributed by atoms with Gasteiger partial charge in [0.05, 0.1) is 32.8 Å². The summed E-state index contributed by atoms with van der Waals surface area (Å²) in [6.07, 6.45) is 9.22. The third kappa shape index (κ3) is 9.39. The van der Waals surface area contributed by atoms with E-state index in [1.807, 2.05) is 30.3 Å². The molecule has 0 aromatic heterocycles. The first kappa shape index (κ1) is 27.7. The van der Waals surface area contributed by atoms with Crippen molar-refractivity contribution in [3.05, 3.63) is 54.6 Å². The minimum absolute atomic E-state index is 0. The number of halogens is 1. The van der Waals surface area contributed by atoms with Gasteiger partial charge in [-0.1, -0.05) is 84.0 Å². The average Bonchev–Trinajstić information content (AvgIpc) is 2.66. The summed E-state index contributed by atoms with van der Waals surface area (Å²) in [5.41, 5.74) is 0.189. The van der Waals surface area contributed by atoms with Gasteiger partial charge in [-0.15, -0.1) is 0 Å². The monoisotopic (exact) mass is 449 g/mol. The van der Waals surface area contributed by atoms with Crippen LogP contribution in [0, 0.1) is 23.2 Å². The van der Waals surface area contributed by atoms with Crippen molar-refractivity contribution in [2.75, 3.05) is 46.0 Å². The van der Waals surface area contributed by atoms with E-state index < -0.39 is 0 Å². The molecule has 31 heavy (non-hydrogen) atoms. The summed E-state index contributed by atoms with van der Waals surface area (Å²) in [5, 5.41) is 0. The molecule has 4 heteroatoms. The first-order chi connectivity index (χ1) is 14.2. The Kier molecular flexibility index (Phi) is 11.9. The van der Waals surface area contributed by atoms with Crippen molar-refractivity contribution >= 4 is 0 Å². The van der Waals surface area contributed by atoms with Gasteiger partial charge in [0, 0.05) is 17.3 Å². The fraction of sp³-hybridized carbons (Fsp3) is 0.630. The average molecular weight is 450 g/mol. The molecule has 0 aliphatic heterocycles. The zero-order valence-corrected chi connectivity index (χ0v) is 21.3. The zero-order chi connectivity index (χ0) is 22.0. The molecule has 0 radical (unpaired) electrons. The van der Waals surface area contributed by atoms with Crippen LogP contribution < -0.4 is 17.1 Å². The van der Waals surface area contributed by atoms with Crippen molar-refractivity contribution in [1.82, 2.24) is 0 Å². The molecule has 0 saturated heterocycles. The first-order valence-corrected chi connectivity index (χ1v) is 11.7. The summed E-state index contributed by atoms with van der Waals surface area (Å²) in [4.78, 5) is 0. The van der Waals surface area contributed by atoms with E-state index in [2.05, 4.69) is 65.8 Å². The second kappa shape index (κ2) is 13.3. The standard InChI is InChI=1S/C27H44NO2.ClH/c1-23(2)20-28(21-24(3)4,22-27(6)15-11-10-12-25(27)5)16-17-29-18-19-30-26-13-8-7-9-14-26;/h7-15,23-25H,16-22H2,1-6H3;1H/q+1;/p-1. The summed E-state index contributed by atoms with van der Waals surface area (Å²) < 4.78 is 12.9. The van der Waals surface area contributed by atoms with Crippen molar-refractivity contribution in [1.29, 1.82) is 0 Å². The van der Waals surface area contributed by atoms with Crippen molar-refractivity contribution in [2.24, 2.45) is 23.2 Å². The van der Waals surface area contributed by atoms with E-state index >= 15 is 0 Å². The lowest BCUT2D eigenvalue weighted by atomic mass is 9.74. The summed E-state index contributed by atoms with van der Waals surface area (Å²) in [7, 11) is 0. The summed E-state index contributed by atoms with van der Waals surface area (Å²) in [6.45, 7) is 20.8. The lowest BCUT2D eigenvalue weighted by Gasteiger charge is -2.47. The van der Waals surface area contributed by atoms with Crippen LogP contribution in [0.2, 0.25) is 0 Å². The van der Waals surface area contributed by atoms with Crippen LogP contribution in [0.15, 0.2) is 54.6 Å². The highest BCUT2D eigenvalue weighted by Gasteiger charge is 2.40. The third-order valence-electron chi connectivity index (χ3n) is 6.16. The lowest BCUT2D eigenvalue weighted by Crippen LogP contribution is -3.00. The van der Waals surface area contributed by atoms with Gasteiger partial charge in [0.2, 0.25) is 0 Å². The molecule has 0 bridgehead atoms. The molecular weight excluding hydrogens is 406 g/mol. The minimum atomic E-state index is 0. The van der Waals surface area contributed by atoms with Crippen LogP contribution in [0.1, 0.15) is 41.5 Å². The normalized spacial score (nSPS) is 20.8. The second-order valence-electron chi connectivity index (χ2n) is 10.2. The maximum Gasteiger partial charge on any atom is 0.119 e. The highest BCUT2D eigenvalue weighted by molar-refractivity contribution is 5.20. The van der Waals surface area contributed by atoms with Gasteiger partial charge in [-0.3, -0.25) is 0 Å². The lowest BCUT2D eigenvalue weighted by molar-refractivity contribution is -0.939. The van der Waals surface area contributed by atoms with Gasteiger partial charge < -0.3 is 26.4 Å². The van der Waals surface area contributed by atoms with Crippen molar-refractivity contribution in [3.8, 4) is 5.75 Å². The summed E-state index contributed by atoms with van der Waals surface area (Å²) in [5.74, 6) is 2.78. The Hall–Kier alpha value is -1.29. The molecule has 1 aliphatic rings. The number of rotatable bonds is 13. The van der Waals surface area contributed by atoms with Gasteiger partial charge in [0.1, 0.15) is 18.9 Å². The molecule has 0 N–H and O–H groups in total. The van der Waals surface area contributed by atoms with E-state index in [9.17, 15) is 0 Å². The van der Waals surface area contributed by atoms with Crippen molar-refractivity contribution in [2.45, 2.75) is 41.5 Å². The number of hydrogen-bond donors (Lipinski definition) is 0. The second-order valence-corrected chi connectivity index (χ2v) is 10.2. The molecule has 3 nitrogen and oxygen atoms in total. The molecule has 0 amide bonds. The Bertz CT molecular complexity index is 661. The SMILES string of the molecule is CC(C)C[N+](CCOCCOc1ccccc1)(CC(C)C)CC1(C)C=CC=CC1C.[Cl-]. The minimum Gasteiger partial charge on any atom is -1.00 e. The predicted octanol–water partition coefficient (Wildman–Crippen LogP) is 2.98. The Balaban J connectivity index is 0.00000480. The zero-order valence-electron chi connectivity index (χ0n) is 20.5. The van der Waals surface area contributed by atoms with Crippen molar-refractivity contribution in [3.63, 3.8) is 0 Å². The van der Waals surface area contributed by atoms with Gasteiger partial charge in [-0.2, -0.15) is 0 Å². The predicted molar refractivity (Wildman–Crippen MR) is 128 cm³/mol. The topological polar surface area (TPSA) is 18.5 Å². The largest absolute Gasteiger partial charge is 1.00 e. The summed E-state index contributed by atoms with van der Waals surface area (Å²) in [6, 6.07) is 9.97. The molecular formula is C27H44ClNO2. The molecule has 176 valence electrons. The van der Waals surface area contributed by atoms with Gasteiger partial charge in [0.15, 0.2) is 0 Å². The van der Waals surface area contributed by atoms with E-state index in [1.54, 1.807) is 0 Å². The van der Waals surface area contributed by atoms with Gasteiger partial charge >= 0.3 is 0 Å². The van der Waals surface area contributed by atoms with E-state index in [1.165, 1.54) is 13.1 Å². The fourth-order valence-corrected chi connectivity index (χ4v) is 4.91. The number of quaternary nitrogens is 1. The number of para-hydroxylation sites is 1. The fourth-order valence-electron chi connectivity index (χ4n) is 4.91. The molecule has 2 rings (SSSR count). The highest BCUT2D eigenvalue weighted by Crippen LogP contribution is 2.36. The molecule has 0 spiro atoms. The van der Waals surface area contributed by atoms with Gasteiger partial charge in [-0.25, -0.2) is 0 Å². The Labute approximate surface area is 197 Å². The van der Waals surface area contributed by atoms with Crippen LogP contribution in [0.3, 0.4) is 0 Å². The van der Waals surface area contributed by atoms with Gasteiger partial charge in [-0.05, 0) is 18.1 Å². The smallest absolute Gasteiger partial charge is 0.119 e. The third-order valence-corrected chi connectivity index (χ3v) is 6.16. The molecule has 2 atom stereocenters.